The molecular formula is C12H16N4O2S2. The third-order valence-electron chi connectivity index (χ3n) is 2.70. The van der Waals surface area contributed by atoms with Crippen LogP contribution in [0.25, 0.3) is 0 Å². The lowest BCUT2D eigenvalue weighted by Gasteiger charge is -2.12. The Bertz CT molecular complexity index is 669. The zero-order valence-corrected chi connectivity index (χ0v) is 12.6. The van der Waals surface area contributed by atoms with E-state index in [-0.39, 0.29) is 4.90 Å². The predicted molar refractivity (Wildman–Crippen MR) is 81.4 cm³/mol. The highest BCUT2D eigenvalue weighted by molar-refractivity contribution is 7.89. The summed E-state index contributed by atoms with van der Waals surface area (Å²) in [5, 5.41) is 6.03. The fourth-order valence-electron chi connectivity index (χ4n) is 1.70. The van der Waals surface area contributed by atoms with E-state index in [1.165, 1.54) is 13.1 Å². The molecule has 0 saturated heterocycles. The molecule has 2 aromatic rings. The molecule has 108 valence electrons. The minimum Gasteiger partial charge on any atom is -0.399 e. The van der Waals surface area contributed by atoms with Gasteiger partial charge in [-0.3, -0.25) is 0 Å². The third-order valence-corrected chi connectivity index (χ3v) is 5.00. The van der Waals surface area contributed by atoms with Gasteiger partial charge >= 0.3 is 0 Å². The molecule has 0 bridgehead atoms. The smallest absolute Gasteiger partial charge is 0.242 e. The standard InChI is InChI=1S/C12H16N4O2S2/c1-14-20(17,18)11-8-9(13)2-3-10(11)15-5-4-12-16-6-7-19-12/h2-3,6-8,14-15H,4-5,13H2,1H3. The minimum absolute atomic E-state index is 0.152. The molecule has 0 spiro atoms. The number of nitrogen functional groups attached to an aromatic ring is 1. The van der Waals surface area contributed by atoms with Gasteiger partial charge in [-0.2, -0.15) is 0 Å². The van der Waals surface area contributed by atoms with Gasteiger partial charge in [0.15, 0.2) is 0 Å². The highest BCUT2D eigenvalue weighted by atomic mass is 32.2. The number of anilines is 2. The van der Waals surface area contributed by atoms with Crippen molar-refractivity contribution < 1.29 is 8.42 Å². The number of sulfonamides is 1. The fraction of sp³-hybridized carbons (Fsp3) is 0.250. The van der Waals surface area contributed by atoms with E-state index in [9.17, 15) is 8.42 Å². The molecule has 8 heteroatoms. The first-order chi connectivity index (χ1) is 9.53. The van der Waals surface area contributed by atoms with E-state index in [4.69, 9.17) is 5.73 Å². The molecule has 1 heterocycles. The Labute approximate surface area is 122 Å². The summed E-state index contributed by atoms with van der Waals surface area (Å²) < 4.78 is 26.2. The van der Waals surface area contributed by atoms with Gasteiger partial charge in [-0.1, -0.05) is 0 Å². The van der Waals surface area contributed by atoms with Crippen LogP contribution in [-0.4, -0.2) is 27.0 Å². The molecule has 20 heavy (non-hydrogen) atoms. The van der Waals surface area contributed by atoms with Gasteiger partial charge in [0.05, 0.1) is 10.7 Å². The van der Waals surface area contributed by atoms with Crippen molar-refractivity contribution in [3.63, 3.8) is 0 Å². The molecule has 0 saturated carbocycles. The van der Waals surface area contributed by atoms with Crippen LogP contribution in [0.15, 0.2) is 34.7 Å². The number of rotatable bonds is 6. The van der Waals surface area contributed by atoms with Crippen molar-refractivity contribution in [2.75, 3.05) is 24.6 Å². The van der Waals surface area contributed by atoms with Crippen LogP contribution in [0, 0.1) is 0 Å². The summed E-state index contributed by atoms with van der Waals surface area (Å²) in [5.74, 6) is 0. The van der Waals surface area contributed by atoms with Crippen LogP contribution in [0.3, 0.4) is 0 Å². The zero-order valence-electron chi connectivity index (χ0n) is 11.0. The molecule has 4 N–H and O–H groups in total. The summed E-state index contributed by atoms with van der Waals surface area (Å²) in [7, 11) is -2.17. The van der Waals surface area contributed by atoms with Gasteiger partial charge in [0.25, 0.3) is 0 Å². The molecule has 1 aromatic carbocycles. The van der Waals surface area contributed by atoms with E-state index >= 15 is 0 Å². The van der Waals surface area contributed by atoms with Crippen molar-refractivity contribution in [1.29, 1.82) is 0 Å². The largest absolute Gasteiger partial charge is 0.399 e. The Balaban J connectivity index is 2.15. The lowest BCUT2D eigenvalue weighted by molar-refractivity contribution is 0.588. The number of nitrogens with zero attached hydrogens (tertiary/aromatic N) is 1. The lowest BCUT2D eigenvalue weighted by atomic mass is 10.3. The summed E-state index contributed by atoms with van der Waals surface area (Å²) in [4.78, 5) is 4.33. The molecule has 6 nitrogen and oxygen atoms in total. The highest BCUT2D eigenvalue weighted by Gasteiger charge is 2.16. The van der Waals surface area contributed by atoms with Crippen LogP contribution in [0.1, 0.15) is 5.01 Å². The van der Waals surface area contributed by atoms with Crippen LogP contribution >= 0.6 is 11.3 Å². The monoisotopic (exact) mass is 312 g/mol. The van der Waals surface area contributed by atoms with Gasteiger partial charge in [-0.15, -0.1) is 11.3 Å². The summed E-state index contributed by atoms with van der Waals surface area (Å²) in [6.07, 6.45) is 2.49. The molecule has 1 aromatic heterocycles. The SMILES string of the molecule is CNS(=O)(=O)c1cc(N)ccc1NCCc1nccs1. The Morgan fingerprint density at radius 1 is 1.40 bits per heavy atom. The topological polar surface area (TPSA) is 97.1 Å². The normalized spacial score (nSPS) is 11.4. The maximum Gasteiger partial charge on any atom is 0.242 e. The lowest BCUT2D eigenvalue weighted by Crippen LogP contribution is -2.21. The Kier molecular flexibility index (Phi) is 4.58. The molecule has 0 amide bonds. The van der Waals surface area contributed by atoms with Crippen molar-refractivity contribution in [2.45, 2.75) is 11.3 Å². The van der Waals surface area contributed by atoms with Gasteiger partial charge < -0.3 is 11.1 Å². The maximum absolute atomic E-state index is 11.9. The number of thiazole rings is 1. The quantitative estimate of drug-likeness (QED) is 0.698. The number of aromatic nitrogens is 1. The first kappa shape index (κ1) is 14.8. The number of nitrogens with one attached hydrogen (secondary N) is 2. The molecule has 0 radical (unpaired) electrons. The molecule has 0 unspecified atom stereocenters. The van der Waals surface area contributed by atoms with Crippen molar-refractivity contribution >= 4 is 32.7 Å². The molecular weight excluding hydrogens is 296 g/mol. The van der Waals surface area contributed by atoms with Crippen LogP contribution < -0.4 is 15.8 Å². The first-order valence-corrected chi connectivity index (χ1v) is 8.34. The van der Waals surface area contributed by atoms with Gasteiger partial charge in [-0.05, 0) is 25.2 Å². The summed E-state index contributed by atoms with van der Waals surface area (Å²) >= 11 is 1.57. The Hall–Kier alpha value is -1.64. The number of hydrogen-bond donors (Lipinski definition) is 3. The van der Waals surface area contributed by atoms with E-state index in [0.29, 0.717) is 17.9 Å². The van der Waals surface area contributed by atoms with E-state index in [1.807, 2.05) is 5.38 Å². The highest BCUT2D eigenvalue weighted by Crippen LogP contribution is 2.23. The van der Waals surface area contributed by atoms with Crippen LogP contribution in [-0.2, 0) is 16.4 Å². The van der Waals surface area contributed by atoms with Gasteiger partial charge in [0, 0.05) is 30.2 Å². The second-order valence-electron chi connectivity index (χ2n) is 4.07. The van der Waals surface area contributed by atoms with Crippen molar-refractivity contribution in [3.05, 3.63) is 34.8 Å². The van der Waals surface area contributed by atoms with Crippen molar-refractivity contribution in [2.24, 2.45) is 0 Å². The predicted octanol–water partition coefficient (Wildman–Crippen LogP) is 1.29. The average molecular weight is 312 g/mol. The van der Waals surface area contributed by atoms with Gasteiger partial charge in [0.1, 0.15) is 4.90 Å². The Morgan fingerprint density at radius 3 is 2.85 bits per heavy atom. The average Bonchev–Trinajstić information content (AvgIpc) is 2.93. The van der Waals surface area contributed by atoms with E-state index in [1.54, 1.807) is 29.7 Å². The Morgan fingerprint density at radius 2 is 2.20 bits per heavy atom. The fourth-order valence-corrected chi connectivity index (χ4v) is 3.26. The second-order valence-corrected chi connectivity index (χ2v) is 6.90. The molecule has 2 rings (SSSR count). The number of benzene rings is 1. The van der Waals surface area contributed by atoms with Gasteiger partial charge in [0.2, 0.25) is 10.0 Å². The van der Waals surface area contributed by atoms with Gasteiger partial charge in [-0.25, -0.2) is 18.1 Å². The first-order valence-electron chi connectivity index (χ1n) is 5.98. The van der Waals surface area contributed by atoms with E-state index < -0.39 is 10.0 Å². The van der Waals surface area contributed by atoms with Crippen molar-refractivity contribution in [1.82, 2.24) is 9.71 Å². The summed E-state index contributed by atoms with van der Waals surface area (Å²) in [5.41, 5.74) is 6.60. The maximum atomic E-state index is 11.9. The molecule has 0 aliphatic rings. The number of nitrogens with two attached hydrogens (primary N) is 1. The molecule has 0 aliphatic carbocycles. The van der Waals surface area contributed by atoms with E-state index in [2.05, 4.69) is 15.0 Å². The van der Waals surface area contributed by atoms with Crippen LogP contribution in [0.4, 0.5) is 11.4 Å². The third kappa shape index (κ3) is 3.47. The second kappa shape index (κ2) is 6.21. The van der Waals surface area contributed by atoms with Crippen LogP contribution in [0.2, 0.25) is 0 Å². The number of hydrogen-bond acceptors (Lipinski definition) is 6. The molecule has 0 aliphatic heterocycles. The zero-order chi connectivity index (χ0) is 14.6. The molecule has 0 atom stereocenters. The van der Waals surface area contributed by atoms with Crippen molar-refractivity contribution in [3.8, 4) is 0 Å². The minimum atomic E-state index is -3.54. The summed E-state index contributed by atoms with van der Waals surface area (Å²) in [6, 6.07) is 4.78. The van der Waals surface area contributed by atoms with E-state index in [0.717, 1.165) is 11.4 Å². The molecule has 0 fully saturated rings. The summed E-state index contributed by atoms with van der Waals surface area (Å²) in [6.45, 7) is 0.601. The van der Waals surface area contributed by atoms with Crippen LogP contribution in [0.5, 0.6) is 0 Å².